The summed E-state index contributed by atoms with van der Waals surface area (Å²) in [5.74, 6) is -0.135. The number of hydrogen-bond donors (Lipinski definition) is 1. The molecule has 42 heavy (non-hydrogen) atoms. The second-order valence-electron chi connectivity index (χ2n) is 13.6. The smallest absolute Gasteiger partial charge is 0.320 e. The van der Waals surface area contributed by atoms with Crippen molar-refractivity contribution in [1.82, 2.24) is 19.6 Å². The van der Waals surface area contributed by atoms with Crippen molar-refractivity contribution in [2.45, 2.75) is 77.8 Å². The standard InChI is InChI=1S/C35H47FN4O2/c1-5-40-32(20-30(37-40)18-25-10-7-6-8-11-25)26-14-16-38(17-15-26)22-28-23-39(33(34(41)42)21-35(2,3)4)24-31(28)27-12-9-13-29(36)19-27/h6-13,19-20,26,28,31,33H,5,14-18,21-24H2,1-4H3,(H,41,42). The maximum absolute atomic E-state index is 14.3. The number of aryl methyl sites for hydroxylation is 1. The highest BCUT2D eigenvalue weighted by molar-refractivity contribution is 5.73. The van der Waals surface area contributed by atoms with Crippen LogP contribution in [0.1, 0.15) is 81.3 Å². The van der Waals surface area contributed by atoms with Gasteiger partial charge in [-0.3, -0.25) is 14.4 Å². The van der Waals surface area contributed by atoms with Crippen molar-refractivity contribution in [2.75, 3.05) is 32.7 Å². The van der Waals surface area contributed by atoms with E-state index in [2.05, 4.69) is 72.5 Å². The molecule has 5 rings (SSSR count). The van der Waals surface area contributed by atoms with Crippen molar-refractivity contribution in [2.24, 2.45) is 11.3 Å². The van der Waals surface area contributed by atoms with Crippen molar-refractivity contribution >= 4 is 5.97 Å². The third-order valence-electron chi connectivity index (χ3n) is 9.17. The van der Waals surface area contributed by atoms with E-state index < -0.39 is 12.0 Å². The van der Waals surface area contributed by atoms with Gasteiger partial charge >= 0.3 is 5.97 Å². The lowest BCUT2D eigenvalue weighted by molar-refractivity contribution is -0.144. The summed E-state index contributed by atoms with van der Waals surface area (Å²) in [6.45, 7) is 13.6. The number of carbonyl (C=O) groups is 1. The second kappa shape index (κ2) is 13.1. The summed E-state index contributed by atoms with van der Waals surface area (Å²) in [6.07, 6.45) is 3.61. The molecular formula is C35H47FN4O2. The number of aromatic nitrogens is 2. The van der Waals surface area contributed by atoms with Gasteiger partial charge in [0.25, 0.3) is 0 Å². The molecule has 3 heterocycles. The number of carboxylic acid groups (broad SMARTS) is 1. The fourth-order valence-electron chi connectivity index (χ4n) is 7.11. The van der Waals surface area contributed by atoms with Gasteiger partial charge in [0.2, 0.25) is 0 Å². The first-order valence-electron chi connectivity index (χ1n) is 15.6. The van der Waals surface area contributed by atoms with Gasteiger partial charge in [-0.25, -0.2) is 4.39 Å². The zero-order chi connectivity index (χ0) is 29.9. The zero-order valence-corrected chi connectivity index (χ0v) is 25.7. The average Bonchev–Trinajstić information content (AvgIpc) is 3.56. The highest BCUT2D eigenvalue weighted by Crippen LogP contribution is 2.38. The van der Waals surface area contributed by atoms with Gasteiger partial charge in [0.05, 0.1) is 5.69 Å². The number of benzene rings is 2. The Hall–Kier alpha value is -3.03. The lowest BCUT2D eigenvalue weighted by Gasteiger charge is -2.35. The minimum Gasteiger partial charge on any atom is -0.480 e. The molecule has 0 radical (unpaired) electrons. The van der Waals surface area contributed by atoms with Crippen molar-refractivity contribution < 1.29 is 14.3 Å². The number of halogens is 1. The van der Waals surface area contributed by atoms with Crippen LogP contribution < -0.4 is 0 Å². The molecule has 3 atom stereocenters. The third-order valence-corrected chi connectivity index (χ3v) is 9.17. The zero-order valence-electron chi connectivity index (χ0n) is 25.7. The maximum Gasteiger partial charge on any atom is 0.320 e. The van der Waals surface area contributed by atoms with E-state index in [9.17, 15) is 14.3 Å². The van der Waals surface area contributed by atoms with E-state index in [4.69, 9.17) is 5.10 Å². The van der Waals surface area contributed by atoms with Crippen LogP contribution >= 0.6 is 0 Å². The van der Waals surface area contributed by atoms with E-state index >= 15 is 0 Å². The van der Waals surface area contributed by atoms with Crippen LogP contribution in [-0.2, 0) is 17.8 Å². The third kappa shape index (κ3) is 7.48. The first kappa shape index (κ1) is 30.4. The summed E-state index contributed by atoms with van der Waals surface area (Å²) in [6, 6.07) is 19.2. The van der Waals surface area contributed by atoms with Crippen LogP contribution in [-0.4, -0.2) is 69.4 Å². The summed E-state index contributed by atoms with van der Waals surface area (Å²) < 4.78 is 16.5. The minimum absolute atomic E-state index is 0.0939. The maximum atomic E-state index is 14.3. The number of aliphatic carboxylic acids is 1. The lowest BCUT2D eigenvalue weighted by Crippen LogP contribution is -2.43. The Labute approximate surface area is 250 Å². The van der Waals surface area contributed by atoms with Gasteiger partial charge in [0, 0.05) is 50.1 Å². The van der Waals surface area contributed by atoms with E-state index in [0.717, 1.165) is 63.2 Å². The van der Waals surface area contributed by atoms with Crippen molar-refractivity contribution in [1.29, 1.82) is 0 Å². The molecule has 1 aromatic heterocycles. The molecule has 0 aliphatic carbocycles. The Morgan fingerprint density at radius 1 is 1.05 bits per heavy atom. The molecular weight excluding hydrogens is 527 g/mol. The quantitative estimate of drug-likeness (QED) is 0.303. The predicted octanol–water partition coefficient (Wildman–Crippen LogP) is 6.42. The van der Waals surface area contributed by atoms with Crippen molar-refractivity contribution in [3.8, 4) is 0 Å². The Morgan fingerprint density at radius 2 is 1.79 bits per heavy atom. The summed E-state index contributed by atoms with van der Waals surface area (Å²) in [4.78, 5) is 17.1. The molecule has 0 bridgehead atoms. The fraction of sp³-hybridized carbons (Fsp3) is 0.543. The number of carboxylic acids is 1. The minimum atomic E-state index is -0.761. The molecule has 0 amide bonds. The monoisotopic (exact) mass is 574 g/mol. The molecule has 2 saturated heterocycles. The van der Waals surface area contributed by atoms with Gasteiger partial charge in [0.15, 0.2) is 0 Å². The van der Waals surface area contributed by atoms with Gasteiger partial charge in [-0.2, -0.15) is 5.10 Å². The summed E-state index contributed by atoms with van der Waals surface area (Å²) in [5.41, 5.74) is 4.65. The van der Waals surface area contributed by atoms with E-state index in [1.807, 2.05) is 12.1 Å². The van der Waals surface area contributed by atoms with Crippen LogP contribution in [0.2, 0.25) is 0 Å². The molecule has 7 heteroatoms. The largest absolute Gasteiger partial charge is 0.480 e. The van der Waals surface area contributed by atoms with Crippen LogP contribution in [0.4, 0.5) is 4.39 Å². The molecule has 0 spiro atoms. The molecule has 2 aliphatic rings. The van der Waals surface area contributed by atoms with Gasteiger partial charge in [-0.15, -0.1) is 0 Å². The first-order valence-corrected chi connectivity index (χ1v) is 15.6. The Bertz CT molecular complexity index is 1330. The van der Waals surface area contributed by atoms with Crippen LogP contribution in [0.15, 0.2) is 60.7 Å². The molecule has 3 unspecified atom stereocenters. The number of hydrogen-bond acceptors (Lipinski definition) is 4. The number of likely N-dealkylation sites (tertiary alicyclic amines) is 2. The van der Waals surface area contributed by atoms with Crippen molar-refractivity contribution in [3.05, 3.63) is 89.0 Å². The van der Waals surface area contributed by atoms with Gasteiger partial charge in [-0.05, 0) is 79.9 Å². The van der Waals surface area contributed by atoms with Gasteiger partial charge in [0.1, 0.15) is 11.9 Å². The van der Waals surface area contributed by atoms with Crippen LogP contribution in [0, 0.1) is 17.2 Å². The average molecular weight is 575 g/mol. The van der Waals surface area contributed by atoms with E-state index in [0.29, 0.717) is 18.9 Å². The molecule has 1 N–H and O–H groups in total. The highest BCUT2D eigenvalue weighted by atomic mass is 19.1. The molecule has 2 fully saturated rings. The molecule has 2 aliphatic heterocycles. The fourth-order valence-corrected chi connectivity index (χ4v) is 7.11. The number of piperidine rings is 1. The van der Waals surface area contributed by atoms with Crippen LogP contribution in [0.25, 0.3) is 0 Å². The number of rotatable bonds is 10. The van der Waals surface area contributed by atoms with E-state index in [1.54, 1.807) is 12.1 Å². The Balaban J connectivity index is 1.26. The molecule has 6 nitrogen and oxygen atoms in total. The second-order valence-corrected chi connectivity index (χ2v) is 13.6. The highest BCUT2D eigenvalue weighted by Gasteiger charge is 2.41. The summed E-state index contributed by atoms with van der Waals surface area (Å²) in [5, 5.41) is 15.1. The Morgan fingerprint density at radius 3 is 2.43 bits per heavy atom. The van der Waals surface area contributed by atoms with Gasteiger partial charge < -0.3 is 10.0 Å². The van der Waals surface area contributed by atoms with Gasteiger partial charge in [-0.1, -0.05) is 63.2 Å². The lowest BCUT2D eigenvalue weighted by atomic mass is 9.87. The SMILES string of the molecule is CCn1nc(Cc2ccccc2)cc1C1CCN(CC2CN(C(CC(C)(C)C)C(=O)O)CC2c2cccc(F)c2)CC1. The van der Waals surface area contributed by atoms with E-state index in [1.165, 1.54) is 17.3 Å². The van der Waals surface area contributed by atoms with Crippen LogP contribution in [0.5, 0.6) is 0 Å². The molecule has 2 aromatic carbocycles. The number of nitrogens with zero attached hydrogens (tertiary/aromatic N) is 4. The van der Waals surface area contributed by atoms with E-state index in [-0.39, 0.29) is 23.1 Å². The summed E-state index contributed by atoms with van der Waals surface area (Å²) >= 11 is 0. The molecule has 3 aromatic rings. The first-order chi connectivity index (χ1) is 20.1. The topological polar surface area (TPSA) is 61.6 Å². The van der Waals surface area contributed by atoms with Crippen LogP contribution in [0.3, 0.4) is 0 Å². The predicted molar refractivity (Wildman–Crippen MR) is 165 cm³/mol. The van der Waals surface area contributed by atoms with Crippen molar-refractivity contribution in [3.63, 3.8) is 0 Å². The summed E-state index contributed by atoms with van der Waals surface area (Å²) in [7, 11) is 0. The molecule has 0 saturated carbocycles. The normalized spacial score (nSPS) is 21.5. The Kier molecular flexibility index (Phi) is 9.48. The molecule has 226 valence electrons.